The van der Waals surface area contributed by atoms with E-state index in [1.165, 1.54) is 6.92 Å². The maximum absolute atomic E-state index is 10.7. The van der Waals surface area contributed by atoms with Gasteiger partial charge in [0, 0.05) is 13.3 Å². The van der Waals surface area contributed by atoms with Crippen LogP contribution in [0, 0.1) is 0 Å². The molecule has 0 aliphatic rings. The highest BCUT2D eigenvalue weighted by atomic mass is 16.6. The third-order valence-corrected chi connectivity index (χ3v) is 1.24. The third kappa shape index (κ3) is 9.10. The Morgan fingerprint density at radius 2 is 1.83 bits per heavy atom. The van der Waals surface area contributed by atoms with Crippen molar-refractivity contribution in [2.45, 2.75) is 39.5 Å². The molecular weight excluding hydrogens is 158 g/mol. The number of carbonyl (C=O) groups excluding carboxylic acids is 2. The van der Waals surface area contributed by atoms with Gasteiger partial charge in [0.05, 0.1) is 0 Å². The van der Waals surface area contributed by atoms with Gasteiger partial charge in [-0.25, -0.2) is 0 Å². The summed E-state index contributed by atoms with van der Waals surface area (Å²) in [6.45, 7) is 3.29. The molecule has 0 saturated heterocycles. The first kappa shape index (κ1) is 13.7. The molecule has 0 heterocycles. The predicted octanol–water partition coefficient (Wildman–Crippen LogP) is 1.82. The van der Waals surface area contributed by atoms with E-state index in [-0.39, 0.29) is 6.15 Å². The van der Waals surface area contributed by atoms with Gasteiger partial charge in [-0.2, -0.15) is 0 Å². The molecular formula is C8H17NO3. The van der Waals surface area contributed by atoms with Gasteiger partial charge in [-0.3, -0.25) is 9.59 Å². The van der Waals surface area contributed by atoms with E-state index in [1.807, 2.05) is 0 Å². The molecule has 0 radical (unpaired) electrons. The maximum atomic E-state index is 10.7. The van der Waals surface area contributed by atoms with Gasteiger partial charge in [-0.1, -0.05) is 19.8 Å². The fourth-order valence-corrected chi connectivity index (χ4v) is 0.731. The van der Waals surface area contributed by atoms with E-state index in [1.54, 1.807) is 0 Å². The van der Waals surface area contributed by atoms with Gasteiger partial charge in [0.15, 0.2) is 0 Å². The monoisotopic (exact) mass is 175 g/mol. The van der Waals surface area contributed by atoms with Crippen LogP contribution in [0.5, 0.6) is 0 Å². The van der Waals surface area contributed by atoms with E-state index in [4.69, 9.17) is 0 Å². The quantitative estimate of drug-likeness (QED) is 0.401. The second kappa shape index (κ2) is 8.20. The fourth-order valence-electron chi connectivity index (χ4n) is 0.731. The van der Waals surface area contributed by atoms with Crippen molar-refractivity contribution in [3.05, 3.63) is 0 Å². The molecule has 0 amide bonds. The molecule has 0 saturated carbocycles. The first-order chi connectivity index (χ1) is 5.16. The van der Waals surface area contributed by atoms with Crippen LogP contribution in [-0.4, -0.2) is 11.9 Å². The largest absolute Gasteiger partial charge is 0.393 e. The SMILES string of the molecule is CCCCCC(=O)OC(C)=O.N. The Labute approximate surface area is 72.9 Å². The molecule has 0 spiro atoms. The highest BCUT2D eigenvalue weighted by Crippen LogP contribution is 2.00. The van der Waals surface area contributed by atoms with Crippen molar-refractivity contribution in [3.8, 4) is 0 Å². The van der Waals surface area contributed by atoms with Crippen molar-refractivity contribution in [1.29, 1.82) is 0 Å². The number of carbonyl (C=O) groups is 2. The van der Waals surface area contributed by atoms with Crippen molar-refractivity contribution in [3.63, 3.8) is 0 Å². The molecule has 0 aliphatic heterocycles. The minimum Gasteiger partial charge on any atom is -0.393 e. The highest BCUT2D eigenvalue weighted by molar-refractivity contribution is 5.83. The summed E-state index contributed by atoms with van der Waals surface area (Å²) in [5.41, 5.74) is 0. The summed E-state index contributed by atoms with van der Waals surface area (Å²) in [5, 5.41) is 0. The van der Waals surface area contributed by atoms with Crippen molar-refractivity contribution in [2.24, 2.45) is 0 Å². The van der Waals surface area contributed by atoms with E-state index in [2.05, 4.69) is 11.7 Å². The third-order valence-electron chi connectivity index (χ3n) is 1.24. The van der Waals surface area contributed by atoms with Crippen LogP contribution in [0.25, 0.3) is 0 Å². The summed E-state index contributed by atoms with van der Waals surface area (Å²) in [5.74, 6) is -0.933. The van der Waals surface area contributed by atoms with Gasteiger partial charge >= 0.3 is 11.9 Å². The predicted molar refractivity (Wildman–Crippen MR) is 45.9 cm³/mol. The molecule has 4 heteroatoms. The lowest BCUT2D eigenvalue weighted by molar-refractivity contribution is -0.158. The minimum atomic E-state index is -0.522. The second-order valence-corrected chi connectivity index (χ2v) is 2.42. The van der Waals surface area contributed by atoms with Crippen molar-refractivity contribution in [2.75, 3.05) is 0 Å². The molecule has 0 unspecified atom stereocenters. The molecule has 0 fully saturated rings. The highest BCUT2D eigenvalue weighted by Gasteiger charge is 2.03. The lowest BCUT2D eigenvalue weighted by Crippen LogP contribution is -2.08. The molecule has 12 heavy (non-hydrogen) atoms. The second-order valence-electron chi connectivity index (χ2n) is 2.42. The van der Waals surface area contributed by atoms with Crippen molar-refractivity contribution in [1.82, 2.24) is 6.15 Å². The number of unbranched alkanes of at least 4 members (excludes halogenated alkanes) is 2. The molecule has 0 bridgehead atoms. The number of hydrogen-bond acceptors (Lipinski definition) is 4. The standard InChI is InChI=1S/C8H14O3.H3N/c1-3-4-5-6-8(10)11-7(2)9;/h3-6H2,1-2H3;1H3. The van der Waals surface area contributed by atoms with Gasteiger partial charge in [0.1, 0.15) is 0 Å². The van der Waals surface area contributed by atoms with E-state index in [0.717, 1.165) is 19.3 Å². The Hall–Kier alpha value is -0.900. The van der Waals surface area contributed by atoms with Gasteiger partial charge < -0.3 is 10.9 Å². The van der Waals surface area contributed by atoms with E-state index in [0.29, 0.717) is 6.42 Å². The van der Waals surface area contributed by atoms with Crippen LogP contribution in [0.1, 0.15) is 39.5 Å². The zero-order valence-electron chi connectivity index (χ0n) is 7.76. The smallest absolute Gasteiger partial charge is 0.313 e. The van der Waals surface area contributed by atoms with E-state index in [9.17, 15) is 9.59 Å². The number of ether oxygens (including phenoxy) is 1. The number of hydrogen-bond donors (Lipinski definition) is 1. The van der Waals surface area contributed by atoms with Crippen LogP contribution < -0.4 is 6.15 Å². The average molecular weight is 175 g/mol. The molecule has 3 N–H and O–H groups in total. The molecule has 4 nitrogen and oxygen atoms in total. The van der Waals surface area contributed by atoms with Gasteiger partial charge in [-0.15, -0.1) is 0 Å². The zero-order chi connectivity index (χ0) is 8.69. The summed E-state index contributed by atoms with van der Waals surface area (Å²) in [4.78, 5) is 20.9. The van der Waals surface area contributed by atoms with Crippen molar-refractivity contribution >= 4 is 11.9 Å². The molecule has 0 aromatic rings. The Kier molecular flexibility index (Phi) is 9.34. The number of rotatable bonds is 4. The van der Waals surface area contributed by atoms with Gasteiger partial charge in [-0.05, 0) is 6.42 Å². The Morgan fingerprint density at radius 1 is 1.25 bits per heavy atom. The molecule has 0 aromatic carbocycles. The maximum Gasteiger partial charge on any atom is 0.313 e. The normalized spacial score (nSPS) is 8.50. The van der Waals surface area contributed by atoms with Crippen LogP contribution in [0.2, 0.25) is 0 Å². The van der Waals surface area contributed by atoms with Crippen molar-refractivity contribution < 1.29 is 14.3 Å². The van der Waals surface area contributed by atoms with Gasteiger partial charge in [0.2, 0.25) is 0 Å². The van der Waals surface area contributed by atoms with E-state index < -0.39 is 11.9 Å². The summed E-state index contributed by atoms with van der Waals surface area (Å²) in [7, 11) is 0. The molecule has 0 aliphatic carbocycles. The summed E-state index contributed by atoms with van der Waals surface area (Å²) >= 11 is 0. The van der Waals surface area contributed by atoms with E-state index >= 15 is 0 Å². The summed E-state index contributed by atoms with van der Waals surface area (Å²) in [6, 6.07) is 0. The molecule has 0 atom stereocenters. The van der Waals surface area contributed by atoms with Crippen LogP contribution in [0.15, 0.2) is 0 Å². The first-order valence-corrected chi connectivity index (χ1v) is 3.88. The lowest BCUT2D eigenvalue weighted by atomic mass is 10.2. The van der Waals surface area contributed by atoms with Crippen LogP contribution in [0.3, 0.4) is 0 Å². The summed E-state index contributed by atoms with van der Waals surface area (Å²) < 4.78 is 4.32. The minimum absolute atomic E-state index is 0. The molecule has 0 aromatic heterocycles. The Morgan fingerprint density at radius 3 is 2.25 bits per heavy atom. The summed E-state index contributed by atoms with van der Waals surface area (Å²) in [6.07, 6.45) is 3.23. The topological polar surface area (TPSA) is 78.4 Å². The average Bonchev–Trinajstić information content (AvgIpc) is 1.86. The zero-order valence-corrected chi connectivity index (χ0v) is 7.76. The number of esters is 2. The first-order valence-electron chi connectivity index (χ1n) is 3.88. The van der Waals surface area contributed by atoms with Gasteiger partial charge in [0.25, 0.3) is 0 Å². The molecule has 72 valence electrons. The Bertz CT molecular complexity index is 145. The molecule has 0 rings (SSSR count). The van der Waals surface area contributed by atoms with Crippen LogP contribution in [0.4, 0.5) is 0 Å². The van der Waals surface area contributed by atoms with Crippen LogP contribution in [-0.2, 0) is 14.3 Å². The fraction of sp³-hybridized carbons (Fsp3) is 0.750. The Balaban J connectivity index is 0. The lowest BCUT2D eigenvalue weighted by Gasteiger charge is -1.97. The van der Waals surface area contributed by atoms with Crippen LogP contribution >= 0.6 is 0 Å².